The Hall–Kier alpha value is -3.41. The first-order valence-corrected chi connectivity index (χ1v) is 9.74. The molecule has 0 bridgehead atoms. The Kier molecular flexibility index (Phi) is 4.92. The number of hydrogen-bond donors (Lipinski definition) is 1. The molecule has 1 aromatic carbocycles. The number of aromatic nitrogens is 1. The van der Waals surface area contributed by atoms with Crippen molar-refractivity contribution in [2.24, 2.45) is 0 Å². The van der Waals surface area contributed by atoms with Crippen LogP contribution in [0.4, 0.5) is 0 Å². The van der Waals surface area contributed by atoms with E-state index in [1.165, 1.54) is 0 Å². The van der Waals surface area contributed by atoms with Crippen molar-refractivity contribution >= 4 is 23.2 Å². The first-order chi connectivity index (χ1) is 14.1. The summed E-state index contributed by atoms with van der Waals surface area (Å²) >= 11 is 0. The summed E-state index contributed by atoms with van der Waals surface area (Å²) < 4.78 is 5.25. The Morgan fingerprint density at radius 2 is 1.86 bits per heavy atom. The third-order valence-electron chi connectivity index (χ3n) is 5.32. The standard InChI is InChI=1S/C23H23N3O3/c1-4-5-12-26-21(15-6-8-16(29-3)9-7-15)19-18(23(26)28)20(25-22(19)27)17-10-11-24-13-14(17)2/h6-11,13H,4-5,12H2,1-3H3,(H,25,27). The lowest BCUT2D eigenvalue weighted by Crippen LogP contribution is -2.28. The molecule has 0 fully saturated rings. The van der Waals surface area contributed by atoms with Crippen molar-refractivity contribution in [3.8, 4) is 5.75 Å². The van der Waals surface area contributed by atoms with Crippen LogP contribution in [0.2, 0.25) is 0 Å². The number of aryl methyl sites for hydroxylation is 1. The van der Waals surface area contributed by atoms with Crippen LogP contribution in [0.5, 0.6) is 5.75 Å². The number of benzene rings is 1. The minimum Gasteiger partial charge on any atom is -0.497 e. The van der Waals surface area contributed by atoms with E-state index in [-0.39, 0.29) is 11.8 Å². The van der Waals surface area contributed by atoms with Gasteiger partial charge < -0.3 is 15.0 Å². The molecule has 2 aliphatic heterocycles. The largest absolute Gasteiger partial charge is 0.497 e. The van der Waals surface area contributed by atoms with Gasteiger partial charge in [0.15, 0.2) is 0 Å². The highest BCUT2D eigenvalue weighted by molar-refractivity contribution is 6.30. The second-order valence-corrected chi connectivity index (χ2v) is 7.16. The summed E-state index contributed by atoms with van der Waals surface area (Å²) in [5.74, 6) is 0.344. The summed E-state index contributed by atoms with van der Waals surface area (Å²) in [6.45, 7) is 4.57. The predicted molar refractivity (Wildman–Crippen MR) is 111 cm³/mol. The molecule has 148 valence electrons. The average molecular weight is 389 g/mol. The van der Waals surface area contributed by atoms with Gasteiger partial charge in [0.1, 0.15) is 5.75 Å². The number of fused-ring (bicyclic) bond motifs is 1. The van der Waals surface area contributed by atoms with Crippen LogP contribution in [0.3, 0.4) is 0 Å². The topological polar surface area (TPSA) is 71.5 Å². The van der Waals surface area contributed by atoms with Crippen molar-refractivity contribution < 1.29 is 14.3 Å². The van der Waals surface area contributed by atoms with E-state index in [1.807, 2.05) is 37.3 Å². The average Bonchev–Trinajstić information content (AvgIpc) is 3.22. The van der Waals surface area contributed by atoms with Crippen LogP contribution >= 0.6 is 0 Å². The first-order valence-electron chi connectivity index (χ1n) is 9.74. The molecule has 2 aromatic rings. The quantitative estimate of drug-likeness (QED) is 0.823. The number of hydrogen-bond acceptors (Lipinski definition) is 4. The minimum absolute atomic E-state index is 0.135. The van der Waals surface area contributed by atoms with E-state index in [9.17, 15) is 9.59 Å². The molecule has 0 saturated carbocycles. The van der Waals surface area contributed by atoms with E-state index in [2.05, 4.69) is 17.2 Å². The summed E-state index contributed by atoms with van der Waals surface area (Å²) in [5.41, 5.74) is 4.68. The van der Waals surface area contributed by atoms with Gasteiger partial charge >= 0.3 is 0 Å². The molecule has 0 saturated heterocycles. The van der Waals surface area contributed by atoms with Crippen LogP contribution in [0.25, 0.3) is 11.4 Å². The monoisotopic (exact) mass is 389 g/mol. The van der Waals surface area contributed by atoms with E-state index >= 15 is 0 Å². The highest BCUT2D eigenvalue weighted by Gasteiger charge is 2.45. The molecule has 0 spiro atoms. The molecule has 0 aliphatic carbocycles. The molecular formula is C23H23N3O3. The van der Waals surface area contributed by atoms with Gasteiger partial charge in [0.05, 0.1) is 29.7 Å². The zero-order valence-electron chi connectivity index (χ0n) is 16.8. The molecule has 1 aromatic heterocycles. The number of pyridine rings is 1. The molecule has 3 heterocycles. The van der Waals surface area contributed by atoms with Crippen molar-refractivity contribution in [3.63, 3.8) is 0 Å². The Morgan fingerprint density at radius 1 is 1.10 bits per heavy atom. The van der Waals surface area contributed by atoms with Crippen LogP contribution in [0, 0.1) is 6.92 Å². The molecule has 0 unspecified atom stereocenters. The van der Waals surface area contributed by atoms with Gasteiger partial charge in [-0.25, -0.2) is 0 Å². The molecule has 4 rings (SSSR count). The fourth-order valence-electron chi connectivity index (χ4n) is 3.82. The maximum atomic E-state index is 13.4. The van der Waals surface area contributed by atoms with Gasteiger partial charge in [0.25, 0.3) is 11.8 Å². The number of ether oxygens (including phenoxy) is 1. The normalized spacial score (nSPS) is 15.9. The number of unbranched alkanes of at least 4 members (excludes halogenated alkanes) is 1. The fourth-order valence-corrected chi connectivity index (χ4v) is 3.82. The summed E-state index contributed by atoms with van der Waals surface area (Å²) in [5, 5.41) is 2.93. The zero-order valence-corrected chi connectivity index (χ0v) is 16.8. The molecule has 2 aliphatic rings. The zero-order chi connectivity index (χ0) is 20.5. The third kappa shape index (κ3) is 3.10. The number of rotatable bonds is 6. The maximum absolute atomic E-state index is 13.4. The van der Waals surface area contributed by atoms with Crippen molar-refractivity contribution in [2.75, 3.05) is 13.7 Å². The van der Waals surface area contributed by atoms with Crippen molar-refractivity contribution in [3.05, 3.63) is 70.6 Å². The van der Waals surface area contributed by atoms with Crippen molar-refractivity contribution in [1.29, 1.82) is 0 Å². The van der Waals surface area contributed by atoms with Crippen LogP contribution in [0.15, 0.2) is 53.9 Å². The van der Waals surface area contributed by atoms with Crippen LogP contribution in [0.1, 0.15) is 36.5 Å². The molecular weight excluding hydrogens is 366 g/mol. The molecule has 6 nitrogen and oxygen atoms in total. The summed E-state index contributed by atoms with van der Waals surface area (Å²) in [6.07, 6.45) is 5.21. The Labute approximate surface area is 169 Å². The van der Waals surface area contributed by atoms with Gasteiger partial charge in [-0.05, 0) is 54.8 Å². The number of nitrogens with zero attached hydrogens (tertiary/aromatic N) is 2. The summed E-state index contributed by atoms with van der Waals surface area (Å²) in [4.78, 5) is 32.3. The Bertz CT molecular complexity index is 1050. The fraction of sp³-hybridized carbons (Fsp3) is 0.261. The van der Waals surface area contributed by atoms with Gasteiger partial charge in [-0.3, -0.25) is 14.6 Å². The molecule has 1 N–H and O–H groups in total. The van der Waals surface area contributed by atoms with Gasteiger partial charge in [-0.1, -0.05) is 13.3 Å². The Balaban J connectivity index is 1.92. The summed E-state index contributed by atoms with van der Waals surface area (Å²) in [7, 11) is 1.61. The number of carbonyl (C=O) groups excluding carboxylic acids is 2. The van der Waals surface area contributed by atoms with Gasteiger partial charge in [0, 0.05) is 24.5 Å². The van der Waals surface area contributed by atoms with Crippen molar-refractivity contribution in [2.45, 2.75) is 26.7 Å². The van der Waals surface area contributed by atoms with Gasteiger partial charge in [-0.15, -0.1) is 0 Å². The maximum Gasteiger partial charge on any atom is 0.261 e. The van der Waals surface area contributed by atoms with E-state index in [0.717, 1.165) is 35.3 Å². The Morgan fingerprint density at radius 3 is 2.52 bits per heavy atom. The van der Waals surface area contributed by atoms with Gasteiger partial charge in [0.2, 0.25) is 0 Å². The second-order valence-electron chi connectivity index (χ2n) is 7.16. The lowest BCUT2D eigenvalue weighted by atomic mass is 10.0. The van der Waals surface area contributed by atoms with E-state index in [1.54, 1.807) is 24.4 Å². The number of methoxy groups -OCH3 is 1. The molecule has 2 amide bonds. The minimum atomic E-state index is -0.246. The highest BCUT2D eigenvalue weighted by Crippen LogP contribution is 2.43. The SMILES string of the molecule is CCCCN1C(=O)C2=C(c3ccncc3C)NC(=O)C2=C1c1ccc(OC)cc1. The van der Waals surface area contributed by atoms with Crippen LogP contribution in [-0.4, -0.2) is 35.4 Å². The number of amides is 2. The first kappa shape index (κ1) is 18.9. The lowest BCUT2D eigenvalue weighted by Gasteiger charge is -2.21. The third-order valence-corrected chi connectivity index (χ3v) is 5.32. The van der Waals surface area contributed by atoms with Crippen LogP contribution < -0.4 is 10.1 Å². The van der Waals surface area contributed by atoms with E-state index in [4.69, 9.17) is 4.74 Å². The second kappa shape index (κ2) is 7.54. The van der Waals surface area contributed by atoms with Gasteiger partial charge in [-0.2, -0.15) is 0 Å². The van der Waals surface area contributed by atoms with E-state index in [0.29, 0.717) is 29.1 Å². The predicted octanol–water partition coefficient (Wildman–Crippen LogP) is 3.29. The molecule has 0 atom stereocenters. The molecule has 29 heavy (non-hydrogen) atoms. The van der Waals surface area contributed by atoms with E-state index < -0.39 is 0 Å². The summed E-state index contributed by atoms with van der Waals surface area (Å²) in [6, 6.07) is 9.29. The highest BCUT2D eigenvalue weighted by atomic mass is 16.5. The molecule has 0 radical (unpaired) electrons. The number of nitrogens with one attached hydrogen (secondary N) is 1. The lowest BCUT2D eigenvalue weighted by molar-refractivity contribution is -0.123. The number of carbonyl (C=O) groups is 2. The van der Waals surface area contributed by atoms with Crippen molar-refractivity contribution in [1.82, 2.24) is 15.2 Å². The molecule has 6 heteroatoms. The smallest absolute Gasteiger partial charge is 0.261 e. The van der Waals surface area contributed by atoms with Crippen LogP contribution in [-0.2, 0) is 9.59 Å².